The first-order valence-electron chi connectivity index (χ1n) is 10.7. The van der Waals surface area contributed by atoms with E-state index in [9.17, 15) is 19.8 Å². The lowest BCUT2D eigenvalue weighted by molar-refractivity contribution is -0.132. The number of nitrogens with zero attached hydrogens (tertiary/aromatic N) is 2. The Bertz CT molecular complexity index is 1550. The minimum absolute atomic E-state index is 0.0159. The number of benzene rings is 3. The number of hydrogen-bond donors (Lipinski definition) is 2. The van der Waals surface area contributed by atoms with Gasteiger partial charge in [0.1, 0.15) is 23.0 Å². The molecule has 1 aliphatic rings. The number of hydrogen-bond acceptors (Lipinski definition) is 8. The van der Waals surface area contributed by atoms with E-state index in [4.69, 9.17) is 21.1 Å². The summed E-state index contributed by atoms with van der Waals surface area (Å²) in [6.45, 7) is 0. The highest BCUT2D eigenvalue weighted by molar-refractivity contribution is 7.22. The van der Waals surface area contributed by atoms with Crippen molar-refractivity contribution in [1.82, 2.24) is 4.98 Å². The molecule has 5 rings (SSSR count). The second-order valence-electron chi connectivity index (χ2n) is 7.94. The Labute approximate surface area is 214 Å². The summed E-state index contributed by atoms with van der Waals surface area (Å²) in [5.41, 5.74) is 1.20. The number of fused-ring (bicyclic) bond motifs is 1. The van der Waals surface area contributed by atoms with Crippen molar-refractivity contribution in [3.05, 3.63) is 82.4 Å². The fraction of sp³-hybridized carbons (Fsp3) is 0.115. The Morgan fingerprint density at radius 2 is 1.78 bits per heavy atom. The highest BCUT2D eigenvalue weighted by Gasteiger charge is 2.48. The molecule has 10 heteroatoms. The summed E-state index contributed by atoms with van der Waals surface area (Å²) in [6, 6.07) is 14.9. The maximum atomic E-state index is 13.4. The molecule has 182 valence electrons. The van der Waals surface area contributed by atoms with Gasteiger partial charge in [0.05, 0.1) is 41.6 Å². The summed E-state index contributed by atoms with van der Waals surface area (Å²) in [6.07, 6.45) is 0. The summed E-state index contributed by atoms with van der Waals surface area (Å²) in [5.74, 6) is -1.35. The predicted molar refractivity (Wildman–Crippen MR) is 137 cm³/mol. The van der Waals surface area contributed by atoms with Crippen molar-refractivity contribution in [2.24, 2.45) is 0 Å². The number of aromatic nitrogens is 1. The van der Waals surface area contributed by atoms with Crippen LogP contribution in [0.2, 0.25) is 5.02 Å². The lowest BCUT2D eigenvalue weighted by atomic mass is 9.95. The van der Waals surface area contributed by atoms with Gasteiger partial charge in [-0.05, 0) is 48.0 Å². The smallest absolute Gasteiger partial charge is 0.301 e. The Hall–Kier alpha value is -4.08. The zero-order valence-electron chi connectivity index (χ0n) is 19.1. The van der Waals surface area contributed by atoms with Gasteiger partial charge in [0.25, 0.3) is 5.78 Å². The van der Waals surface area contributed by atoms with Gasteiger partial charge in [-0.1, -0.05) is 35.1 Å². The highest BCUT2D eigenvalue weighted by atomic mass is 35.5. The van der Waals surface area contributed by atoms with E-state index < -0.39 is 23.5 Å². The van der Waals surface area contributed by atoms with E-state index >= 15 is 0 Å². The maximum absolute atomic E-state index is 13.4. The molecule has 4 aromatic rings. The molecule has 0 bridgehead atoms. The third kappa shape index (κ3) is 3.92. The maximum Gasteiger partial charge on any atom is 0.301 e. The summed E-state index contributed by atoms with van der Waals surface area (Å²) in [4.78, 5) is 32.6. The first-order chi connectivity index (χ1) is 17.3. The van der Waals surface area contributed by atoms with Crippen LogP contribution >= 0.6 is 22.9 Å². The summed E-state index contributed by atoms with van der Waals surface area (Å²) in [7, 11) is 2.92. The number of amides is 1. The van der Waals surface area contributed by atoms with E-state index in [2.05, 4.69) is 4.98 Å². The largest absolute Gasteiger partial charge is 0.508 e. The topological polar surface area (TPSA) is 109 Å². The van der Waals surface area contributed by atoms with Crippen molar-refractivity contribution in [1.29, 1.82) is 0 Å². The van der Waals surface area contributed by atoms with E-state index in [0.717, 1.165) is 4.70 Å². The molecule has 0 radical (unpaired) electrons. The number of rotatable bonds is 5. The average molecular weight is 523 g/mol. The zero-order chi connectivity index (χ0) is 25.6. The predicted octanol–water partition coefficient (Wildman–Crippen LogP) is 5.30. The number of ether oxygens (including phenoxy) is 2. The third-order valence-corrected chi connectivity index (χ3v) is 7.11. The molecule has 1 aromatic heterocycles. The second kappa shape index (κ2) is 9.18. The second-order valence-corrected chi connectivity index (χ2v) is 9.38. The number of phenolic OH excluding ortho intramolecular Hbond substituents is 1. The van der Waals surface area contributed by atoms with Crippen LogP contribution in [-0.4, -0.2) is 41.1 Å². The molecule has 1 amide bonds. The minimum atomic E-state index is -1.01. The van der Waals surface area contributed by atoms with Crippen LogP contribution in [0.15, 0.2) is 66.2 Å². The van der Waals surface area contributed by atoms with Gasteiger partial charge in [0, 0.05) is 11.1 Å². The molecule has 0 aliphatic carbocycles. The van der Waals surface area contributed by atoms with Gasteiger partial charge in [-0.2, -0.15) is 0 Å². The number of anilines is 1. The van der Waals surface area contributed by atoms with E-state index in [-0.39, 0.29) is 27.8 Å². The van der Waals surface area contributed by atoms with Crippen LogP contribution in [0, 0.1) is 0 Å². The summed E-state index contributed by atoms with van der Waals surface area (Å²) in [5, 5.41) is 22.0. The van der Waals surface area contributed by atoms with Crippen LogP contribution in [0.4, 0.5) is 5.13 Å². The van der Waals surface area contributed by atoms with Gasteiger partial charge in [-0.3, -0.25) is 14.5 Å². The SMILES string of the molecule is COc1ccc(/C(O)=C2\C(=O)C(=O)N(c3nc4ccc(Cl)cc4s3)C2c2ccc(O)cc2)c(OC)c1. The number of aromatic hydroxyl groups is 1. The Kier molecular flexibility index (Phi) is 6.03. The lowest BCUT2D eigenvalue weighted by Crippen LogP contribution is -2.29. The molecular formula is C26H19ClN2O6S. The molecular weight excluding hydrogens is 504 g/mol. The van der Waals surface area contributed by atoms with Crippen molar-refractivity contribution in [2.75, 3.05) is 19.1 Å². The quantitative estimate of drug-likeness (QED) is 0.208. The van der Waals surface area contributed by atoms with Gasteiger partial charge in [-0.25, -0.2) is 4.98 Å². The molecule has 36 heavy (non-hydrogen) atoms. The van der Waals surface area contributed by atoms with E-state index in [1.54, 1.807) is 48.5 Å². The van der Waals surface area contributed by atoms with Gasteiger partial charge in [0.15, 0.2) is 5.13 Å². The van der Waals surface area contributed by atoms with Crippen LogP contribution in [0.3, 0.4) is 0 Å². The number of Topliss-reactive ketones (excluding diaryl/α,β-unsaturated/α-hetero) is 1. The van der Waals surface area contributed by atoms with Crippen LogP contribution in [-0.2, 0) is 9.59 Å². The number of ketones is 1. The van der Waals surface area contributed by atoms with E-state index in [1.807, 2.05) is 0 Å². The fourth-order valence-corrected chi connectivity index (χ4v) is 5.40. The van der Waals surface area contributed by atoms with Gasteiger partial charge in [0.2, 0.25) is 0 Å². The van der Waals surface area contributed by atoms with Gasteiger partial charge < -0.3 is 19.7 Å². The Morgan fingerprint density at radius 1 is 1.03 bits per heavy atom. The number of carbonyl (C=O) groups excluding carboxylic acids is 2. The van der Waals surface area contributed by atoms with Crippen LogP contribution in [0.5, 0.6) is 17.2 Å². The van der Waals surface area contributed by atoms with Crippen molar-refractivity contribution in [3.63, 3.8) is 0 Å². The molecule has 1 saturated heterocycles. The number of halogens is 1. The Balaban J connectivity index is 1.74. The first-order valence-corrected chi connectivity index (χ1v) is 11.9. The fourth-order valence-electron chi connectivity index (χ4n) is 4.13. The molecule has 3 aromatic carbocycles. The summed E-state index contributed by atoms with van der Waals surface area (Å²) >= 11 is 7.32. The number of aliphatic hydroxyl groups excluding tert-OH is 1. The van der Waals surface area contributed by atoms with E-state index in [0.29, 0.717) is 21.9 Å². The number of phenols is 1. The monoisotopic (exact) mass is 522 g/mol. The molecule has 1 atom stereocenters. The van der Waals surface area contributed by atoms with Crippen molar-refractivity contribution in [3.8, 4) is 17.2 Å². The standard InChI is InChI=1S/C26H19ClN2O6S/c1-34-16-8-9-17(19(12-16)35-2)23(31)21-22(13-3-6-15(30)7-4-13)29(25(33)24(21)32)26-28-18-10-5-14(27)11-20(18)36-26/h3-12,22,30-31H,1-2H3/b23-21+. The van der Waals surface area contributed by atoms with Gasteiger partial charge in [-0.15, -0.1) is 0 Å². The van der Waals surface area contributed by atoms with Crippen LogP contribution < -0.4 is 14.4 Å². The number of thiazole rings is 1. The molecule has 1 unspecified atom stereocenters. The molecule has 0 spiro atoms. The molecule has 8 nitrogen and oxygen atoms in total. The van der Waals surface area contributed by atoms with Crippen molar-refractivity contribution in [2.45, 2.75) is 6.04 Å². The molecule has 1 aliphatic heterocycles. The molecule has 1 fully saturated rings. The Morgan fingerprint density at radius 3 is 2.47 bits per heavy atom. The number of aliphatic hydroxyl groups is 1. The number of carbonyl (C=O) groups is 2. The molecule has 0 saturated carbocycles. The average Bonchev–Trinajstić information content (AvgIpc) is 3.41. The highest BCUT2D eigenvalue weighted by Crippen LogP contribution is 2.45. The molecule has 2 heterocycles. The van der Waals surface area contributed by atoms with Gasteiger partial charge >= 0.3 is 5.91 Å². The van der Waals surface area contributed by atoms with Crippen molar-refractivity contribution >= 4 is 55.7 Å². The zero-order valence-corrected chi connectivity index (χ0v) is 20.6. The molecule has 2 N–H and O–H groups in total. The normalized spacial score (nSPS) is 17.1. The van der Waals surface area contributed by atoms with Crippen molar-refractivity contribution < 1.29 is 29.3 Å². The third-order valence-electron chi connectivity index (χ3n) is 5.86. The lowest BCUT2D eigenvalue weighted by Gasteiger charge is -2.23. The van der Waals surface area contributed by atoms with Crippen LogP contribution in [0.25, 0.3) is 16.0 Å². The number of methoxy groups -OCH3 is 2. The minimum Gasteiger partial charge on any atom is -0.508 e. The van der Waals surface area contributed by atoms with Crippen LogP contribution in [0.1, 0.15) is 17.2 Å². The van der Waals surface area contributed by atoms with E-state index in [1.165, 1.54) is 42.6 Å². The first kappa shape index (κ1) is 23.7. The summed E-state index contributed by atoms with van der Waals surface area (Å²) < 4.78 is 11.4.